The quantitative estimate of drug-likeness (QED) is 0.842. The third-order valence-corrected chi connectivity index (χ3v) is 3.05. The predicted octanol–water partition coefficient (Wildman–Crippen LogP) is 3.33. The smallest absolute Gasteiger partial charge is 0.337 e. The number of pyridine rings is 1. The molecule has 0 aliphatic carbocycles. The van der Waals surface area contributed by atoms with E-state index < -0.39 is 5.97 Å². The first-order valence-corrected chi connectivity index (χ1v) is 7.52. The van der Waals surface area contributed by atoms with Crippen molar-refractivity contribution in [1.29, 1.82) is 0 Å². The van der Waals surface area contributed by atoms with Gasteiger partial charge in [0.2, 0.25) is 0 Å². The van der Waals surface area contributed by atoms with Gasteiger partial charge >= 0.3 is 5.97 Å². The molecule has 1 aromatic carbocycles. The van der Waals surface area contributed by atoms with Crippen molar-refractivity contribution in [3.63, 3.8) is 0 Å². The van der Waals surface area contributed by atoms with E-state index in [2.05, 4.69) is 20.4 Å². The van der Waals surface area contributed by atoms with Crippen LogP contribution in [-0.2, 0) is 4.74 Å². The summed E-state index contributed by atoms with van der Waals surface area (Å²) in [5, 5.41) is 6.02. The third-order valence-electron chi connectivity index (χ3n) is 3.05. The molecule has 0 radical (unpaired) electrons. The van der Waals surface area contributed by atoms with Crippen molar-refractivity contribution in [2.45, 2.75) is 26.3 Å². The van der Waals surface area contributed by atoms with E-state index in [4.69, 9.17) is 0 Å². The Morgan fingerprint density at radius 1 is 1.08 bits per heavy atom. The van der Waals surface area contributed by atoms with E-state index in [1.54, 1.807) is 42.6 Å². The molecule has 0 saturated heterocycles. The van der Waals surface area contributed by atoms with Crippen LogP contribution in [0.2, 0.25) is 0 Å². The highest BCUT2D eigenvalue weighted by molar-refractivity contribution is 6.04. The van der Waals surface area contributed by atoms with Gasteiger partial charge in [-0.2, -0.15) is 0 Å². The zero-order valence-corrected chi connectivity index (χ0v) is 14.2. The van der Waals surface area contributed by atoms with E-state index >= 15 is 0 Å². The number of hydrogen-bond donors (Lipinski definition) is 2. The van der Waals surface area contributed by atoms with Crippen molar-refractivity contribution in [2.75, 3.05) is 17.7 Å². The van der Waals surface area contributed by atoms with Gasteiger partial charge in [-0.3, -0.25) is 9.78 Å². The number of aromatic nitrogens is 1. The maximum absolute atomic E-state index is 12.4. The Morgan fingerprint density at radius 3 is 2.50 bits per heavy atom. The highest BCUT2D eigenvalue weighted by atomic mass is 16.5. The average Bonchev–Trinajstić information content (AvgIpc) is 2.53. The number of hydrogen-bond acceptors (Lipinski definition) is 5. The van der Waals surface area contributed by atoms with Gasteiger partial charge in [0, 0.05) is 23.1 Å². The van der Waals surface area contributed by atoms with Crippen molar-refractivity contribution >= 4 is 23.3 Å². The molecule has 0 fully saturated rings. The van der Waals surface area contributed by atoms with Gasteiger partial charge in [-0.1, -0.05) is 6.07 Å². The number of rotatable bonds is 4. The molecule has 1 amide bonds. The van der Waals surface area contributed by atoms with Crippen LogP contribution in [0.1, 0.15) is 41.6 Å². The molecule has 0 unspecified atom stereocenters. The van der Waals surface area contributed by atoms with Crippen LogP contribution in [0.4, 0.5) is 11.4 Å². The second-order valence-corrected chi connectivity index (χ2v) is 6.33. The zero-order chi connectivity index (χ0) is 17.7. The van der Waals surface area contributed by atoms with Crippen molar-refractivity contribution < 1.29 is 14.3 Å². The van der Waals surface area contributed by atoms with Crippen LogP contribution in [0.25, 0.3) is 0 Å². The zero-order valence-electron chi connectivity index (χ0n) is 14.2. The molecule has 6 heteroatoms. The number of anilines is 2. The van der Waals surface area contributed by atoms with Crippen molar-refractivity contribution in [3.8, 4) is 0 Å². The third kappa shape index (κ3) is 4.81. The molecular formula is C18H21N3O3. The van der Waals surface area contributed by atoms with Gasteiger partial charge in [0.05, 0.1) is 12.7 Å². The summed E-state index contributed by atoms with van der Waals surface area (Å²) in [4.78, 5) is 28.0. The van der Waals surface area contributed by atoms with Gasteiger partial charge in [-0.05, 0) is 51.1 Å². The number of carbonyl (C=O) groups is 2. The second-order valence-electron chi connectivity index (χ2n) is 6.33. The highest BCUT2D eigenvalue weighted by Gasteiger charge is 2.13. The van der Waals surface area contributed by atoms with E-state index in [9.17, 15) is 9.59 Å². The molecule has 2 N–H and O–H groups in total. The Bertz CT molecular complexity index is 751. The lowest BCUT2D eigenvalue weighted by molar-refractivity contribution is 0.0600. The summed E-state index contributed by atoms with van der Waals surface area (Å²) < 4.78 is 4.67. The number of esters is 1. The first-order chi connectivity index (χ1) is 11.3. The predicted molar refractivity (Wildman–Crippen MR) is 93.3 cm³/mol. The van der Waals surface area contributed by atoms with Gasteiger partial charge in [-0.15, -0.1) is 0 Å². The molecule has 2 rings (SSSR count). The highest BCUT2D eigenvalue weighted by Crippen LogP contribution is 2.16. The second kappa shape index (κ2) is 7.12. The number of methoxy groups -OCH3 is 1. The lowest BCUT2D eigenvalue weighted by atomic mass is 10.1. The average molecular weight is 327 g/mol. The molecule has 0 aliphatic rings. The molecule has 0 saturated carbocycles. The first kappa shape index (κ1) is 17.5. The van der Waals surface area contributed by atoms with Gasteiger partial charge in [0.1, 0.15) is 5.69 Å². The number of amides is 1. The van der Waals surface area contributed by atoms with E-state index in [0.29, 0.717) is 11.3 Å². The fraction of sp³-hybridized carbons (Fsp3) is 0.278. The normalized spacial score (nSPS) is 10.8. The largest absolute Gasteiger partial charge is 0.465 e. The van der Waals surface area contributed by atoms with Crippen LogP contribution in [0.3, 0.4) is 0 Å². The monoisotopic (exact) mass is 327 g/mol. The molecule has 1 aromatic heterocycles. The maximum atomic E-state index is 12.4. The minimum absolute atomic E-state index is 0.121. The van der Waals surface area contributed by atoms with Crippen molar-refractivity contribution in [3.05, 3.63) is 53.9 Å². The Hall–Kier alpha value is -2.89. The Morgan fingerprint density at radius 2 is 1.83 bits per heavy atom. The summed E-state index contributed by atoms with van der Waals surface area (Å²) in [6, 6.07) is 10.0. The summed E-state index contributed by atoms with van der Waals surface area (Å²) in [7, 11) is 1.31. The van der Waals surface area contributed by atoms with Crippen LogP contribution in [0.5, 0.6) is 0 Å². The van der Waals surface area contributed by atoms with Crippen LogP contribution in [0.15, 0.2) is 42.6 Å². The molecule has 0 spiro atoms. The topological polar surface area (TPSA) is 80.3 Å². The molecule has 0 aliphatic heterocycles. The van der Waals surface area contributed by atoms with E-state index in [0.717, 1.165) is 5.69 Å². The molecule has 0 bridgehead atoms. The fourth-order valence-electron chi connectivity index (χ4n) is 2.10. The number of nitrogens with zero attached hydrogens (tertiary/aromatic N) is 1. The fourth-order valence-corrected chi connectivity index (χ4v) is 2.10. The van der Waals surface area contributed by atoms with Crippen LogP contribution >= 0.6 is 0 Å². The SMILES string of the molecule is COC(=O)c1cccc(NC(=O)c2cc(NC(C)(C)C)ccn2)c1. The van der Waals surface area contributed by atoms with Gasteiger partial charge in [0.25, 0.3) is 5.91 Å². The van der Waals surface area contributed by atoms with Gasteiger partial charge in [-0.25, -0.2) is 4.79 Å². The lowest BCUT2D eigenvalue weighted by Crippen LogP contribution is -2.26. The Labute approximate surface area is 141 Å². The molecule has 0 atom stereocenters. The summed E-state index contributed by atoms with van der Waals surface area (Å²) >= 11 is 0. The standard InChI is InChI=1S/C18H21N3O3/c1-18(2,3)21-14-8-9-19-15(11-14)16(22)20-13-7-5-6-12(10-13)17(23)24-4/h5-11H,1-4H3,(H,19,21)(H,20,22). The minimum atomic E-state index is -0.458. The minimum Gasteiger partial charge on any atom is -0.465 e. The summed E-state index contributed by atoms with van der Waals surface area (Å²) in [6.45, 7) is 6.10. The van der Waals surface area contributed by atoms with E-state index in [1.165, 1.54) is 7.11 Å². The van der Waals surface area contributed by atoms with Gasteiger partial charge in [0.15, 0.2) is 0 Å². The lowest BCUT2D eigenvalue weighted by Gasteiger charge is -2.22. The number of benzene rings is 1. The Kier molecular flexibility index (Phi) is 5.18. The number of carbonyl (C=O) groups excluding carboxylic acids is 2. The van der Waals surface area contributed by atoms with Crippen molar-refractivity contribution in [2.24, 2.45) is 0 Å². The molecule has 2 aromatic rings. The van der Waals surface area contributed by atoms with E-state index in [-0.39, 0.29) is 17.1 Å². The molecule has 1 heterocycles. The van der Waals surface area contributed by atoms with Gasteiger partial charge < -0.3 is 15.4 Å². The Balaban J connectivity index is 2.15. The molecule has 126 valence electrons. The van der Waals surface area contributed by atoms with Crippen molar-refractivity contribution in [1.82, 2.24) is 4.98 Å². The molecule has 24 heavy (non-hydrogen) atoms. The number of ether oxygens (including phenoxy) is 1. The summed E-state index contributed by atoms with van der Waals surface area (Å²) in [6.07, 6.45) is 1.58. The van der Waals surface area contributed by atoms with Crippen LogP contribution < -0.4 is 10.6 Å². The van der Waals surface area contributed by atoms with Crippen LogP contribution in [0, 0.1) is 0 Å². The molecular weight excluding hydrogens is 306 g/mol. The summed E-state index contributed by atoms with van der Waals surface area (Å²) in [5.41, 5.74) is 1.84. The van der Waals surface area contributed by atoms with Crippen LogP contribution in [-0.4, -0.2) is 29.5 Å². The maximum Gasteiger partial charge on any atom is 0.337 e. The molecule has 6 nitrogen and oxygen atoms in total. The number of nitrogens with one attached hydrogen (secondary N) is 2. The van der Waals surface area contributed by atoms with E-state index in [1.807, 2.05) is 20.8 Å². The first-order valence-electron chi connectivity index (χ1n) is 7.52. The summed E-state index contributed by atoms with van der Waals surface area (Å²) in [5.74, 6) is -0.810.